The second kappa shape index (κ2) is 8.17. The third-order valence-corrected chi connectivity index (χ3v) is 3.40. The molecule has 140 valence electrons. The molecule has 0 aliphatic heterocycles. The van der Waals surface area contributed by atoms with Gasteiger partial charge in [-0.05, 0) is 25.1 Å². The maximum Gasteiger partial charge on any atom is 0.387 e. The Bertz CT molecular complexity index is 905. The Kier molecular flexibility index (Phi) is 5.50. The molecule has 3 rings (SSSR count). The summed E-state index contributed by atoms with van der Waals surface area (Å²) in [6.45, 7) is -1.32. The molecule has 2 aromatic heterocycles. The van der Waals surface area contributed by atoms with Gasteiger partial charge in [-0.1, -0.05) is 12.1 Å². The van der Waals surface area contributed by atoms with E-state index >= 15 is 0 Å². The topological polar surface area (TPSA) is 107 Å². The molecule has 0 aliphatic carbocycles. The van der Waals surface area contributed by atoms with Gasteiger partial charge < -0.3 is 15.4 Å². The first-order chi connectivity index (χ1) is 13.0. The fraction of sp³-hybridized carbons (Fsp3) is 0.188. The Morgan fingerprint density at radius 2 is 1.89 bits per heavy atom. The number of nitrogens with one attached hydrogen (secondary N) is 2. The van der Waals surface area contributed by atoms with Crippen molar-refractivity contribution in [2.24, 2.45) is 0 Å². The van der Waals surface area contributed by atoms with E-state index in [0.717, 1.165) is 0 Å². The minimum absolute atomic E-state index is 0.107. The number of rotatable bonds is 6. The molecule has 3 aromatic rings. The molecule has 0 aliphatic rings. The van der Waals surface area contributed by atoms with Gasteiger partial charge in [-0.3, -0.25) is 0 Å². The maximum absolute atomic E-state index is 12.5. The first-order valence-corrected chi connectivity index (χ1v) is 7.83. The highest BCUT2D eigenvalue weighted by Gasteiger charge is 2.19. The Morgan fingerprint density at radius 3 is 2.63 bits per heavy atom. The van der Waals surface area contributed by atoms with Crippen molar-refractivity contribution in [3.63, 3.8) is 0 Å². The number of benzene rings is 1. The van der Waals surface area contributed by atoms with Gasteiger partial charge in [0.15, 0.2) is 5.82 Å². The molecule has 9 nitrogen and oxygen atoms in total. The molecule has 0 fully saturated rings. The van der Waals surface area contributed by atoms with Gasteiger partial charge in [-0.2, -0.15) is 18.6 Å². The van der Waals surface area contributed by atoms with Crippen molar-refractivity contribution >= 4 is 11.7 Å². The number of ether oxygens (including phenoxy) is 1. The minimum atomic E-state index is -3.00. The van der Waals surface area contributed by atoms with Crippen molar-refractivity contribution in [2.45, 2.75) is 19.6 Å². The number of carbonyl (C=O) groups excluding carboxylic acids is 1. The fourth-order valence-electron chi connectivity index (χ4n) is 2.29. The van der Waals surface area contributed by atoms with Crippen molar-refractivity contribution in [2.75, 3.05) is 5.32 Å². The molecule has 27 heavy (non-hydrogen) atoms. The zero-order valence-electron chi connectivity index (χ0n) is 14.1. The lowest BCUT2D eigenvalue weighted by molar-refractivity contribution is -0.0493. The van der Waals surface area contributed by atoms with Crippen LogP contribution in [0.5, 0.6) is 5.75 Å². The molecule has 1 unspecified atom stereocenters. The molecule has 0 saturated carbocycles. The van der Waals surface area contributed by atoms with Crippen LogP contribution >= 0.6 is 0 Å². The van der Waals surface area contributed by atoms with Crippen LogP contribution in [0.1, 0.15) is 18.8 Å². The number of hydrogen-bond acceptors (Lipinski definition) is 6. The van der Waals surface area contributed by atoms with E-state index in [1.54, 1.807) is 31.5 Å². The maximum atomic E-state index is 12.5. The fourth-order valence-corrected chi connectivity index (χ4v) is 2.29. The van der Waals surface area contributed by atoms with Crippen LogP contribution in [-0.4, -0.2) is 37.4 Å². The summed E-state index contributed by atoms with van der Waals surface area (Å²) in [7, 11) is 0. The lowest BCUT2D eigenvalue weighted by Gasteiger charge is -2.16. The normalized spacial score (nSPS) is 11.9. The predicted octanol–water partition coefficient (Wildman–Crippen LogP) is 2.54. The van der Waals surface area contributed by atoms with E-state index in [4.69, 9.17) is 0 Å². The quantitative estimate of drug-likeness (QED) is 0.686. The number of anilines is 1. The third kappa shape index (κ3) is 4.51. The highest BCUT2D eigenvalue weighted by Crippen LogP contribution is 2.25. The van der Waals surface area contributed by atoms with Gasteiger partial charge in [-0.25, -0.2) is 19.7 Å². The Morgan fingerprint density at radius 1 is 1.15 bits per heavy atom. The number of alkyl halides is 2. The van der Waals surface area contributed by atoms with Crippen molar-refractivity contribution in [3.05, 3.63) is 54.9 Å². The summed E-state index contributed by atoms with van der Waals surface area (Å²) in [5, 5.41) is 9.17. The number of carbonyl (C=O) groups is 1. The van der Waals surface area contributed by atoms with Gasteiger partial charge in [0.25, 0.3) is 5.95 Å². The first-order valence-electron chi connectivity index (χ1n) is 7.83. The minimum Gasteiger partial charge on any atom is -0.433 e. The van der Waals surface area contributed by atoms with E-state index in [0.29, 0.717) is 11.8 Å². The summed E-state index contributed by atoms with van der Waals surface area (Å²) in [5.41, 5.74) is 0.107. The summed E-state index contributed by atoms with van der Waals surface area (Å²) in [4.78, 5) is 24.5. The van der Waals surface area contributed by atoms with Crippen molar-refractivity contribution in [3.8, 4) is 11.7 Å². The average molecular weight is 375 g/mol. The van der Waals surface area contributed by atoms with Crippen molar-refractivity contribution in [1.82, 2.24) is 30.0 Å². The van der Waals surface area contributed by atoms with Crippen LogP contribution in [0, 0.1) is 0 Å². The molecule has 0 spiro atoms. The number of halogens is 2. The molecule has 11 heteroatoms. The van der Waals surface area contributed by atoms with Crippen LogP contribution in [-0.2, 0) is 0 Å². The largest absolute Gasteiger partial charge is 0.433 e. The molecule has 0 radical (unpaired) electrons. The standard InChI is InChI=1S/C16H15F2N7O2/c1-10(13-21-9-22-25(13)15-19-7-4-8-20-15)23-16(26)24-11-5-2-3-6-12(11)27-14(17)18/h2-10,14H,1H3,(H2,23,24,26). The molecule has 1 atom stereocenters. The van der Waals surface area contributed by atoms with E-state index in [1.165, 1.54) is 29.2 Å². The van der Waals surface area contributed by atoms with Crippen molar-refractivity contribution in [1.29, 1.82) is 0 Å². The van der Waals surface area contributed by atoms with Crippen LogP contribution in [0.4, 0.5) is 19.3 Å². The third-order valence-electron chi connectivity index (χ3n) is 3.40. The number of para-hydroxylation sites is 2. The highest BCUT2D eigenvalue weighted by molar-refractivity contribution is 5.91. The molecular formula is C16H15F2N7O2. The molecule has 1 aromatic carbocycles. The summed E-state index contributed by atoms with van der Waals surface area (Å²) in [6.07, 6.45) is 4.42. The van der Waals surface area contributed by atoms with E-state index in [1.807, 2.05) is 0 Å². The lowest BCUT2D eigenvalue weighted by atomic mass is 10.3. The second-order valence-electron chi connectivity index (χ2n) is 5.27. The number of amides is 2. The van der Waals surface area contributed by atoms with Gasteiger partial charge in [0.05, 0.1) is 11.7 Å². The van der Waals surface area contributed by atoms with Crippen molar-refractivity contribution < 1.29 is 18.3 Å². The van der Waals surface area contributed by atoms with Crippen LogP contribution in [0.2, 0.25) is 0 Å². The lowest BCUT2D eigenvalue weighted by Crippen LogP contribution is -2.33. The Balaban J connectivity index is 1.70. The van der Waals surface area contributed by atoms with Gasteiger partial charge in [0, 0.05) is 12.4 Å². The number of hydrogen-bond donors (Lipinski definition) is 2. The zero-order chi connectivity index (χ0) is 19.2. The SMILES string of the molecule is CC(NC(=O)Nc1ccccc1OC(F)F)c1ncnn1-c1ncccn1. The first kappa shape index (κ1) is 18.2. The second-order valence-corrected chi connectivity index (χ2v) is 5.27. The van der Waals surface area contributed by atoms with Crippen LogP contribution in [0.15, 0.2) is 49.1 Å². The van der Waals surface area contributed by atoms with E-state index in [2.05, 4.69) is 35.4 Å². The van der Waals surface area contributed by atoms with Crippen LogP contribution < -0.4 is 15.4 Å². The monoisotopic (exact) mass is 375 g/mol. The summed E-state index contributed by atoms with van der Waals surface area (Å²) in [6, 6.07) is 6.34. The predicted molar refractivity (Wildman–Crippen MR) is 90.6 cm³/mol. The summed E-state index contributed by atoms with van der Waals surface area (Å²) < 4.78 is 30.7. The summed E-state index contributed by atoms with van der Waals surface area (Å²) >= 11 is 0. The van der Waals surface area contributed by atoms with E-state index < -0.39 is 18.7 Å². The molecule has 2 heterocycles. The van der Waals surface area contributed by atoms with E-state index in [9.17, 15) is 13.6 Å². The molecule has 2 amide bonds. The Labute approximate surface area is 152 Å². The number of urea groups is 1. The smallest absolute Gasteiger partial charge is 0.387 e. The van der Waals surface area contributed by atoms with Gasteiger partial charge in [0.1, 0.15) is 12.1 Å². The van der Waals surface area contributed by atoms with Crippen LogP contribution in [0.3, 0.4) is 0 Å². The highest BCUT2D eigenvalue weighted by atomic mass is 19.3. The van der Waals surface area contributed by atoms with Gasteiger partial charge in [-0.15, -0.1) is 0 Å². The van der Waals surface area contributed by atoms with Crippen LogP contribution in [0.25, 0.3) is 5.95 Å². The van der Waals surface area contributed by atoms with Gasteiger partial charge >= 0.3 is 12.6 Å². The Hall–Kier alpha value is -3.63. The van der Waals surface area contributed by atoms with E-state index in [-0.39, 0.29) is 11.4 Å². The zero-order valence-corrected chi connectivity index (χ0v) is 14.1. The molecular weight excluding hydrogens is 360 g/mol. The van der Waals surface area contributed by atoms with Gasteiger partial charge in [0.2, 0.25) is 0 Å². The molecule has 0 bridgehead atoms. The molecule has 2 N–H and O–H groups in total. The number of aromatic nitrogens is 5. The summed E-state index contributed by atoms with van der Waals surface area (Å²) in [5.74, 6) is 0.555. The number of nitrogens with zero attached hydrogens (tertiary/aromatic N) is 5. The molecule has 0 saturated heterocycles. The average Bonchev–Trinajstić information content (AvgIpc) is 3.13.